The molecule has 3 aromatic rings. The third kappa shape index (κ3) is 4.53. The van der Waals surface area contributed by atoms with E-state index in [4.69, 9.17) is 10.1 Å². The molecule has 4 aliphatic rings. The van der Waals surface area contributed by atoms with E-state index >= 15 is 0 Å². The van der Waals surface area contributed by atoms with Crippen LogP contribution in [0.4, 0.5) is 11.4 Å². The van der Waals surface area contributed by atoms with Gasteiger partial charge < -0.3 is 10.2 Å². The molecule has 4 heterocycles. The highest BCUT2D eigenvalue weighted by atomic mass is 16.2. The van der Waals surface area contributed by atoms with Crippen LogP contribution in [0.1, 0.15) is 76.9 Å². The number of nitrogens with zero attached hydrogens (tertiary/aromatic N) is 5. The van der Waals surface area contributed by atoms with Crippen molar-refractivity contribution in [3.05, 3.63) is 59.5 Å². The maximum Gasteiger partial charge on any atom is 0.262 e. The molecule has 11 heteroatoms. The second-order valence-corrected chi connectivity index (χ2v) is 12.0. The number of piperidine rings is 1. The maximum atomic E-state index is 13.1. The molecular formula is C31H33N7O4. The van der Waals surface area contributed by atoms with Gasteiger partial charge in [0.2, 0.25) is 11.8 Å². The first-order chi connectivity index (χ1) is 20.3. The zero-order valence-electron chi connectivity index (χ0n) is 23.7. The lowest BCUT2D eigenvalue weighted by molar-refractivity contribution is -0.136. The molecule has 2 N–H and O–H groups in total. The normalized spacial score (nSPS) is 23.5. The third-order valence-electron chi connectivity index (χ3n) is 8.87. The molecule has 1 unspecified atom stereocenters. The minimum atomic E-state index is -0.964. The number of aromatic nitrogens is 3. The van der Waals surface area contributed by atoms with E-state index < -0.39 is 23.8 Å². The highest BCUT2D eigenvalue weighted by Crippen LogP contribution is 2.46. The SMILES string of the molecule is CN(C)c1cccnc1-c1cn([C@H]2C[C@H](CNc3ccc4c(c3)C(=O)N(C3CCC(=O)NC3=O)C4=O)C2)nc1C1CC1. The molecule has 42 heavy (non-hydrogen) atoms. The van der Waals surface area contributed by atoms with Gasteiger partial charge in [-0.1, -0.05) is 0 Å². The van der Waals surface area contributed by atoms with Crippen LogP contribution in [-0.4, -0.2) is 70.0 Å². The number of anilines is 2. The molecular weight excluding hydrogens is 534 g/mol. The van der Waals surface area contributed by atoms with Gasteiger partial charge in [-0.15, -0.1) is 0 Å². The number of amides is 4. The standard InChI is InChI=1S/C31H33N7O4/c1-36(2)24-4-3-11-32-28(24)23-16-37(35-27(23)18-5-6-18)20-12-17(13-20)15-33-19-7-8-21-22(14-19)31(42)38(30(21)41)25-9-10-26(39)34-29(25)40/h3-4,7-8,11,14,16-18,20,25,33H,5-6,9-10,12-13,15H2,1-2H3,(H,34,39,40)/t17-,20-,25?. The Bertz CT molecular complexity index is 1620. The summed E-state index contributed by atoms with van der Waals surface area (Å²) in [4.78, 5) is 57.7. The number of hydrogen-bond acceptors (Lipinski definition) is 8. The monoisotopic (exact) mass is 567 g/mol. The molecule has 0 radical (unpaired) electrons. The van der Waals surface area contributed by atoms with Gasteiger partial charge in [-0.25, -0.2) is 0 Å². The van der Waals surface area contributed by atoms with E-state index in [1.165, 1.54) is 12.8 Å². The Balaban J connectivity index is 1.00. The van der Waals surface area contributed by atoms with Gasteiger partial charge in [0, 0.05) is 56.6 Å². The van der Waals surface area contributed by atoms with Gasteiger partial charge >= 0.3 is 0 Å². The number of carbonyl (C=O) groups is 4. The molecule has 0 spiro atoms. The van der Waals surface area contributed by atoms with Gasteiger partial charge in [0.25, 0.3) is 11.8 Å². The number of benzene rings is 1. The quantitative estimate of drug-likeness (QED) is 0.397. The van der Waals surface area contributed by atoms with Crippen molar-refractivity contribution in [1.29, 1.82) is 0 Å². The van der Waals surface area contributed by atoms with Crippen LogP contribution in [0.3, 0.4) is 0 Å². The molecule has 2 aromatic heterocycles. The summed E-state index contributed by atoms with van der Waals surface area (Å²) in [7, 11) is 4.07. The summed E-state index contributed by atoms with van der Waals surface area (Å²) in [6, 6.07) is 8.55. The van der Waals surface area contributed by atoms with E-state index in [1.807, 2.05) is 26.4 Å². The summed E-state index contributed by atoms with van der Waals surface area (Å²) >= 11 is 0. The number of carbonyl (C=O) groups excluding carboxylic acids is 4. The molecule has 2 saturated carbocycles. The van der Waals surface area contributed by atoms with Crippen molar-refractivity contribution >= 4 is 35.0 Å². The molecule has 4 amide bonds. The Morgan fingerprint density at radius 3 is 2.52 bits per heavy atom. The van der Waals surface area contributed by atoms with Crippen molar-refractivity contribution in [3.63, 3.8) is 0 Å². The van der Waals surface area contributed by atoms with Crippen LogP contribution in [0, 0.1) is 5.92 Å². The summed E-state index contributed by atoms with van der Waals surface area (Å²) in [5.74, 6) is -1.03. The van der Waals surface area contributed by atoms with Crippen LogP contribution in [0.2, 0.25) is 0 Å². The summed E-state index contributed by atoms with van der Waals surface area (Å²) < 4.78 is 2.14. The topological polar surface area (TPSA) is 130 Å². The van der Waals surface area contributed by atoms with Crippen LogP contribution in [0.25, 0.3) is 11.3 Å². The van der Waals surface area contributed by atoms with Crippen molar-refractivity contribution in [1.82, 2.24) is 25.0 Å². The van der Waals surface area contributed by atoms with Crippen LogP contribution in [-0.2, 0) is 9.59 Å². The second kappa shape index (κ2) is 10.1. The fourth-order valence-electron chi connectivity index (χ4n) is 6.32. The summed E-state index contributed by atoms with van der Waals surface area (Å²) in [5, 5.41) is 10.7. The predicted octanol–water partition coefficient (Wildman–Crippen LogP) is 3.35. The lowest BCUT2D eigenvalue weighted by Gasteiger charge is -2.35. The van der Waals surface area contributed by atoms with Crippen molar-refractivity contribution < 1.29 is 19.2 Å². The molecule has 2 aliphatic carbocycles. The maximum absolute atomic E-state index is 13.1. The number of fused-ring (bicyclic) bond motifs is 1. The number of rotatable bonds is 8. The van der Waals surface area contributed by atoms with Gasteiger partial charge in [0.1, 0.15) is 6.04 Å². The van der Waals surface area contributed by atoms with E-state index in [-0.39, 0.29) is 29.9 Å². The molecule has 2 aliphatic heterocycles. The molecule has 3 fully saturated rings. The van der Waals surface area contributed by atoms with E-state index in [1.54, 1.807) is 18.2 Å². The average molecular weight is 568 g/mol. The van der Waals surface area contributed by atoms with Gasteiger partial charge in [-0.05, 0) is 68.4 Å². The molecule has 1 atom stereocenters. The van der Waals surface area contributed by atoms with E-state index in [2.05, 4.69) is 32.5 Å². The Morgan fingerprint density at radius 1 is 1.00 bits per heavy atom. The Hall–Kier alpha value is -4.54. The first-order valence-corrected chi connectivity index (χ1v) is 14.6. The van der Waals surface area contributed by atoms with Gasteiger partial charge in [-0.3, -0.25) is 39.1 Å². The number of nitrogens with one attached hydrogen (secondary N) is 2. The first-order valence-electron chi connectivity index (χ1n) is 14.6. The van der Waals surface area contributed by atoms with Crippen molar-refractivity contribution in [2.45, 2.75) is 56.5 Å². The number of pyridine rings is 1. The van der Waals surface area contributed by atoms with Gasteiger partial charge in [-0.2, -0.15) is 5.10 Å². The third-order valence-corrected chi connectivity index (χ3v) is 8.87. The fourth-order valence-corrected chi connectivity index (χ4v) is 6.32. The highest BCUT2D eigenvalue weighted by Gasteiger charge is 2.44. The summed E-state index contributed by atoms with van der Waals surface area (Å²) in [6.45, 7) is 0.739. The molecule has 11 nitrogen and oxygen atoms in total. The Kier molecular flexibility index (Phi) is 6.32. The van der Waals surface area contributed by atoms with Gasteiger partial charge in [0.15, 0.2) is 0 Å². The zero-order chi connectivity index (χ0) is 29.1. The molecule has 1 aromatic carbocycles. The molecule has 7 rings (SSSR count). The smallest absolute Gasteiger partial charge is 0.262 e. The van der Waals surface area contributed by atoms with Crippen molar-refractivity contribution in [3.8, 4) is 11.3 Å². The molecule has 1 saturated heterocycles. The van der Waals surface area contributed by atoms with Crippen LogP contribution >= 0.6 is 0 Å². The lowest BCUT2D eigenvalue weighted by Crippen LogP contribution is -2.54. The van der Waals surface area contributed by atoms with E-state index in [9.17, 15) is 19.2 Å². The average Bonchev–Trinajstić information content (AvgIpc) is 3.66. The number of imide groups is 2. The number of hydrogen-bond donors (Lipinski definition) is 2. The Morgan fingerprint density at radius 2 is 1.79 bits per heavy atom. The predicted molar refractivity (Wildman–Crippen MR) is 155 cm³/mol. The van der Waals surface area contributed by atoms with Crippen LogP contribution in [0.5, 0.6) is 0 Å². The molecule has 216 valence electrons. The highest BCUT2D eigenvalue weighted by molar-refractivity contribution is 6.23. The van der Waals surface area contributed by atoms with Gasteiger partial charge in [0.05, 0.1) is 34.2 Å². The first kappa shape index (κ1) is 26.4. The largest absolute Gasteiger partial charge is 0.385 e. The zero-order valence-corrected chi connectivity index (χ0v) is 23.7. The Labute approximate surface area is 243 Å². The summed E-state index contributed by atoms with van der Waals surface area (Å²) in [6.07, 6.45) is 8.59. The molecule has 0 bridgehead atoms. The summed E-state index contributed by atoms with van der Waals surface area (Å²) in [5.41, 5.74) is 5.68. The fraction of sp³-hybridized carbons (Fsp3) is 0.419. The lowest BCUT2D eigenvalue weighted by atomic mass is 9.80. The van der Waals surface area contributed by atoms with Crippen molar-refractivity contribution in [2.24, 2.45) is 5.92 Å². The van der Waals surface area contributed by atoms with Crippen molar-refractivity contribution in [2.75, 3.05) is 30.9 Å². The van der Waals surface area contributed by atoms with Crippen LogP contribution < -0.4 is 15.5 Å². The van der Waals surface area contributed by atoms with E-state index in [0.717, 1.165) is 52.6 Å². The van der Waals surface area contributed by atoms with Crippen LogP contribution in [0.15, 0.2) is 42.7 Å². The second-order valence-electron chi connectivity index (χ2n) is 12.0. The van der Waals surface area contributed by atoms with E-state index in [0.29, 0.717) is 17.9 Å². The minimum absolute atomic E-state index is 0.0982. The minimum Gasteiger partial charge on any atom is -0.385 e.